The molecule has 1 heterocycles. The fourth-order valence-electron chi connectivity index (χ4n) is 2.79. The molecule has 1 atom stereocenters. The molecular weight excluding hydrogens is 229 g/mol. The normalized spacial score (nSPS) is 24.7. The van der Waals surface area contributed by atoms with E-state index >= 15 is 4.39 Å². The van der Waals surface area contributed by atoms with Crippen LogP contribution in [-0.2, 0) is 5.67 Å². The Morgan fingerprint density at radius 2 is 1.94 bits per heavy atom. The highest BCUT2D eigenvalue weighted by molar-refractivity contribution is 5.44. The van der Waals surface area contributed by atoms with Gasteiger partial charge in [0, 0.05) is 0 Å². The predicted molar refractivity (Wildman–Crippen MR) is 72.0 cm³/mol. The molecule has 0 spiro atoms. The van der Waals surface area contributed by atoms with Crippen LogP contribution in [-0.4, -0.2) is 20.2 Å². The number of benzene rings is 1. The average Bonchev–Trinajstić information content (AvgIpc) is 2.57. The summed E-state index contributed by atoms with van der Waals surface area (Å²) in [6, 6.07) is 3.91. The maximum Gasteiger partial charge on any atom is 0.137 e. The number of nitrogens with one attached hydrogen (secondary N) is 1. The lowest BCUT2D eigenvalue weighted by atomic mass is 9.85. The molecule has 0 aliphatic carbocycles. The maximum atomic E-state index is 15.2. The van der Waals surface area contributed by atoms with Crippen molar-refractivity contribution in [1.82, 2.24) is 5.32 Å². The van der Waals surface area contributed by atoms with Crippen molar-refractivity contribution in [2.24, 2.45) is 0 Å². The van der Waals surface area contributed by atoms with Gasteiger partial charge in [-0.1, -0.05) is 0 Å². The zero-order valence-corrected chi connectivity index (χ0v) is 11.5. The summed E-state index contributed by atoms with van der Waals surface area (Å²) in [5.74, 6) is 0.839. The van der Waals surface area contributed by atoms with Gasteiger partial charge < -0.3 is 10.1 Å². The second-order valence-electron chi connectivity index (χ2n) is 5.21. The predicted octanol–water partition coefficient (Wildman–Crippen LogP) is 3.25. The molecule has 0 saturated carbocycles. The van der Waals surface area contributed by atoms with Crippen LogP contribution in [0.2, 0.25) is 0 Å². The molecule has 1 aromatic rings. The fraction of sp³-hybridized carbons (Fsp3) is 0.600. The number of hydrogen-bond donors (Lipinski definition) is 1. The molecule has 100 valence electrons. The number of hydrogen-bond acceptors (Lipinski definition) is 2. The van der Waals surface area contributed by atoms with Crippen molar-refractivity contribution in [1.29, 1.82) is 0 Å². The summed E-state index contributed by atoms with van der Waals surface area (Å²) in [7, 11) is 1.65. The zero-order valence-electron chi connectivity index (χ0n) is 11.5. The summed E-state index contributed by atoms with van der Waals surface area (Å²) in [6.45, 7) is 5.61. The van der Waals surface area contributed by atoms with Gasteiger partial charge in [-0.2, -0.15) is 0 Å². The Morgan fingerprint density at radius 3 is 2.67 bits per heavy atom. The molecule has 0 bridgehead atoms. The van der Waals surface area contributed by atoms with Gasteiger partial charge in [0.15, 0.2) is 0 Å². The first kappa shape index (κ1) is 13.3. The Hall–Kier alpha value is -1.09. The topological polar surface area (TPSA) is 21.3 Å². The van der Waals surface area contributed by atoms with Crippen molar-refractivity contribution in [2.45, 2.75) is 38.8 Å². The molecule has 1 unspecified atom stereocenters. The standard InChI is InChI=1S/C15H22FNO/c1-11-10-14(18-3)12(2)9-13(11)15(16)5-4-7-17-8-6-15/h9-10,17H,4-8H2,1-3H3. The molecule has 1 saturated heterocycles. The van der Waals surface area contributed by atoms with Gasteiger partial charge in [0.1, 0.15) is 11.4 Å². The molecule has 18 heavy (non-hydrogen) atoms. The Bertz CT molecular complexity index is 423. The van der Waals surface area contributed by atoms with Gasteiger partial charge in [0.2, 0.25) is 0 Å². The Morgan fingerprint density at radius 1 is 1.17 bits per heavy atom. The van der Waals surface area contributed by atoms with E-state index in [1.165, 1.54) is 0 Å². The molecule has 3 heteroatoms. The minimum absolute atomic E-state index is 0.555. The number of rotatable bonds is 2. The largest absolute Gasteiger partial charge is 0.496 e. The number of methoxy groups -OCH3 is 1. The van der Waals surface area contributed by atoms with E-state index in [9.17, 15) is 0 Å². The van der Waals surface area contributed by atoms with Crippen molar-refractivity contribution >= 4 is 0 Å². The minimum Gasteiger partial charge on any atom is -0.496 e. The fourth-order valence-corrected chi connectivity index (χ4v) is 2.79. The summed E-state index contributed by atoms with van der Waals surface area (Å²) < 4.78 is 20.5. The molecule has 1 aliphatic heterocycles. The second kappa shape index (κ2) is 5.27. The van der Waals surface area contributed by atoms with Gasteiger partial charge in [-0.15, -0.1) is 0 Å². The molecule has 0 radical (unpaired) electrons. The van der Waals surface area contributed by atoms with Gasteiger partial charge in [0.25, 0.3) is 0 Å². The van der Waals surface area contributed by atoms with Crippen LogP contribution in [0.1, 0.15) is 36.0 Å². The average molecular weight is 251 g/mol. The molecule has 1 fully saturated rings. The van der Waals surface area contributed by atoms with E-state index in [0.29, 0.717) is 12.8 Å². The van der Waals surface area contributed by atoms with Crippen LogP contribution in [0.5, 0.6) is 5.75 Å². The Balaban J connectivity index is 2.39. The summed E-state index contributed by atoms with van der Waals surface area (Å²) in [5, 5.41) is 3.26. The molecule has 0 aromatic heterocycles. The first-order valence-corrected chi connectivity index (χ1v) is 6.62. The van der Waals surface area contributed by atoms with Crippen LogP contribution in [0.25, 0.3) is 0 Å². The van der Waals surface area contributed by atoms with Gasteiger partial charge >= 0.3 is 0 Å². The van der Waals surface area contributed by atoms with Gasteiger partial charge in [-0.3, -0.25) is 0 Å². The van der Waals surface area contributed by atoms with Gasteiger partial charge in [-0.25, -0.2) is 4.39 Å². The number of halogens is 1. The summed E-state index contributed by atoms with van der Waals surface area (Å²) in [6.07, 6.45) is 2.05. The third-order valence-electron chi connectivity index (χ3n) is 3.85. The van der Waals surface area contributed by atoms with Crippen LogP contribution < -0.4 is 10.1 Å². The Kier molecular flexibility index (Phi) is 3.91. The first-order valence-electron chi connectivity index (χ1n) is 6.62. The highest BCUT2D eigenvalue weighted by atomic mass is 19.1. The zero-order chi connectivity index (χ0) is 13.2. The summed E-state index contributed by atoms with van der Waals surface area (Å²) in [5.41, 5.74) is 1.64. The quantitative estimate of drug-likeness (QED) is 0.871. The van der Waals surface area contributed by atoms with E-state index in [1.54, 1.807) is 7.11 Å². The van der Waals surface area contributed by atoms with E-state index in [-0.39, 0.29) is 0 Å². The lowest BCUT2D eigenvalue weighted by Crippen LogP contribution is -2.23. The third kappa shape index (κ3) is 2.51. The van der Waals surface area contributed by atoms with Crippen LogP contribution >= 0.6 is 0 Å². The molecule has 1 aliphatic rings. The molecular formula is C15H22FNO. The maximum absolute atomic E-state index is 15.2. The van der Waals surface area contributed by atoms with E-state index in [2.05, 4.69) is 5.32 Å². The highest BCUT2D eigenvalue weighted by Crippen LogP contribution is 2.39. The number of alkyl halides is 1. The van der Waals surface area contributed by atoms with Crippen molar-refractivity contribution in [3.8, 4) is 5.75 Å². The second-order valence-corrected chi connectivity index (χ2v) is 5.21. The number of aryl methyl sites for hydroxylation is 2. The van der Waals surface area contributed by atoms with Crippen molar-refractivity contribution < 1.29 is 9.13 Å². The SMILES string of the molecule is COc1cc(C)c(C2(F)CCCNCC2)cc1C. The summed E-state index contributed by atoms with van der Waals surface area (Å²) >= 11 is 0. The van der Waals surface area contributed by atoms with Crippen LogP contribution in [0, 0.1) is 13.8 Å². The van der Waals surface area contributed by atoms with Crippen molar-refractivity contribution in [3.63, 3.8) is 0 Å². The van der Waals surface area contributed by atoms with Crippen LogP contribution in [0.15, 0.2) is 12.1 Å². The van der Waals surface area contributed by atoms with Crippen LogP contribution in [0.3, 0.4) is 0 Å². The Labute approximate surface area is 109 Å². The number of ether oxygens (including phenoxy) is 1. The molecule has 2 nitrogen and oxygen atoms in total. The smallest absolute Gasteiger partial charge is 0.137 e. The lowest BCUT2D eigenvalue weighted by Gasteiger charge is -2.26. The third-order valence-corrected chi connectivity index (χ3v) is 3.85. The van der Waals surface area contributed by atoms with E-state index in [1.807, 2.05) is 26.0 Å². The minimum atomic E-state index is -1.19. The monoisotopic (exact) mass is 251 g/mol. The molecule has 0 amide bonds. The van der Waals surface area contributed by atoms with Crippen LogP contribution in [0.4, 0.5) is 4.39 Å². The molecule has 1 N–H and O–H groups in total. The van der Waals surface area contributed by atoms with E-state index in [0.717, 1.165) is 42.0 Å². The highest BCUT2D eigenvalue weighted by Gasteiger charge is 2.34. The molecule has 2 rings (SSSR count). The van der Waals surface area contributed by atoms with Gasteiger partial charge in [-0.05, 0) is 75.0 Å². The molecule has 1 aromatic carbocycles. The van der Waals surface area contributed by atoms with Crippen molar-refractivity contribution in [2.75, 3.05) is 20.2 Å². The first-order chi connectivity index (χ1) is 8.57. The lowest BCUT2D eigenvalue weighted by molar-refractivity contribution is 0.144. The van der Waals surface area contributed by atoms with E-state index in [4.69, 9.17) is 4.74 Å². The summed E-state index contributed by atoms with van der Waals surface area (Å²) in [4.78, 5) is 0. The van der Waals surface area contributed by atoms with Crippen molar-refractivity contribution in [3.05, 3.63) is 28.8 Å². The van der Waals surface area contributed by atoms with Gasteiger partial charge in [0.05, 0.1) is 7.11 Å². The van der Waals surface area contributed by atoms with E-state index < -0.39 is 5.67 Å².